The molecule has 1 amide bonds. The van der Waals surface area contributed by atoms with Gasteiger partial charge in [-0.3, -0.25) is 4.79 Å². The van der Waals surface area contributed by atoms with Crippen molar-refractivity contribution in [2.24, 2.45) is 11.1 Å². The SMILES string of the molecule is CCN1CC(c2ccccc2)CC2(CCN(CCC(N)=O)CC2)C1. The van der Waals surface area contributed by atoms with Crippen molar-refractivity contribution in [3.8, 4) is 0 Å². The highest BCUT2D eigenvalue weighted by Gasteiger charge is 2.41. The van der Waals surface area contributed by atoms with Gasteiger partial charge in [-0.2, -0.15) is 0 Å². The monoisotopic (exact) mass is 329 g/mol. The number of hydrogen-bond donors (Lipinski definition) is 1. The van der Waals surface area contributed by atoms with Crippen molar-refractivity contribution >= 4 is 5.91 Å². The molecule has 0 bridgehead atoms. The van der Waals surface area contributed by atoms with E-state index in [2.05, 4.69) is 47.1 Å². The van der Waals surface area contributed by atoms with Gasteiger partial charge in [-0.1, -0.05) is 37.3 Å². The Kier molecular flexibility index (Phi) is 5.57. The van der Waals surface area contributed by atoms with E-state index < -0.39 is 0 Å². The largest absolute Gasteiger partial charge is 0.370 e. The normalized spacial score (nSPS) is 25.0. The summed E-state index contributed by atoms with van der Waals surface area (Å²) in [7, 11) is 0. The molecule has 0 radical (unpaired) electrons. The van der Waals surface area contributed by atoms with Crippen LogP contribution in [-0.4, -0.2) is 55.0 Å². The highest BCUT2D eigenvalue weighted by atomic mass is 16.1. The van der Waals surface area contributed by atoms with Gasteiger partial charge in [0.05, 0.1) is 0 Å². The van der Waals surface area contributed by atoms with Crippen LogP contribution in [0, 0.1) is 5.41 Å². The Bertz CT molecular complexity index is 537. The van der Waals surface area contributed by atoms with Crippen molar-refractivity contribution in [3.63, 3.8) is 0 Å². The average molecular weight is 329 g/mol. The highest BCUT2D eigenvalue weighted by Crippen LogP contribution is 2.44. The Morgan fingerprint density at radius 1 is 1.21 bits per heavy atom. The van der Waals surface area contributed by atoms with E-state index in [4.69, 9.17) is 5.73 Å². The molecule has 2 saturated heterocycles. The number of nitrogens with two attached hydrogens (primary N) is 1. The van der Waals surface area contributed by atoms with E-state index in [1.54, 1.807) is 0 Å². The molecule has 1 unspecified atom stereocenters. The van der Waals surface area contributed by atoms with Crippen LogP contribution < -0.4 is 5.73 Å². The van der Waals surface area contributed by atoms with Crippen LogP contribution in [0.25, 0.3) is 0 Å². The number of likely N-dealkylation sites (N-methyl/N-ethyl adjacent to an activating group) is 1. The molecular weight excluding hydrogens is 298 g/mol. The van der Waals surface area contributed by atoms with Gasteiger partial charge in [0.2, 0.25) is 5.91 Å². The number of amides is 1. The minimum Gasteiger partial charge on any atom is -0.370 e. The maximum absolute atomic E-state index is 11.0. The number of hydrogen-bond acceptors (Lipinski definition) is 3. The molecule has 4 nitrogen and oxygen atoms in total. The van der Waals surface area contributed by atoms with E-state index in [1.165, 1.54) is 37.9 Å². The first-order valence-electron chi connectivity index (χ1n) is 9.38. The summed E-state index contributed by atoms with van der Waals surface area (Å²) in [5.74, 6) is 0.464. The first-order valence-corrected chi connectivity index (χ1v) is 9.38. The third-order valence-corrected chi connectivity index (χ3v) is 6.03. The van der Waals surface area contributed by atoms with E-state index in [0.717, 1.165) is 26.2 Å². The second-order valence-corrected chi connectivity index (χ2v) is 7.70. The maximum atomic E-state index is 11.0. The van der Waals surface area contributed by atoms with E-state index in [0.29, 0.717) is 17.8 Å². The number of likely N-dealkylation sites (tertiary alicyclic amines) is 2. The molecule has 0 aromatic heterocycles. The molecule has 0 aliphatic carbocycles. The lowest BCUT2D eigenvalue weighted by molar-refractivity contribution is -0.118. The van der Waals surface area contributed by atoms with Gasteiger partial charge >= 0.3 is 0 Å². The Morgan fingerprint density at radius 2 is 1.92 bits per heavy atom. The average Bonchev–Trinajstić information content (AvgIpc) is 2.61. The van der Waals surface area contributed by atoms with Crippen molar-refractivity contribution in [1.29, 1.82) is 0 Å². The van der Waals surface area contributed by atoms with Gasteiger partial charge < -0.3 is 15.5 Å². The van der Waals surface area contributed by atoms with Gasteiger partial charge in [0.1, 0.15) is 0 Å². The van der Waals surface area contributed by atoms with Gasteiger partial charge in [-0.25, -0.2) is 0 Å². The highest BCUT2D eigenvalue weighted by molar-refractivity contribution is 5.73. The van der Waals surface area contributed by atoms with Crippen molar-refractivity contribution in [3.05, 3.63) is 35.9 Å². The molecule has 0 saturated carbocycles. The Balaban J connectivity index is 1.65. The predicted molar refractivity (Wildman–Crippen MR) is 97.8 cm³/mol. The van der Waals surface area contributed by atoms with E-state index in [-0.39, 0.29) is 5.91 Å². The Morgan fingerprint density at radius 3 is 2.54 bits per heavy atom. The van der Waals surface area contributed by atoms with Crippen LogP contribution in [0.5, 0.6) is 0 Å². The quantitative estimate of drug-likeness (QED) is 0.903. The van der Waals surface area contributed by atoms with Crippen LogP contribution in [-0.2, 0) is 4.79 Å². The van der Waals surface area contributed by atoms with Crippen LogP contribution in [0.15, 0.2) is 30.3 Å². The van der Waals surface area contributed by atoms with Crippen molar-refractivity contribution in [2.45, 2.75) is 38.5 Å². The first-order chi connectivity index (χ1) is 11.6. The Hall–Kier alpha value is -1.39. The lowest BCUT2D eigenvalue weighted by atomic mass is 9.68. The van der Waals surface area contributed by atoms with E-state index >= 15 is 0 Å². The Labute approximate surface area is 146 Å². The molecular formula is C20H31N3O. The van der Waals surface area contributed by atoms with Crippen molar-refractivity contribution < 1.29 is 4.79 Å². The zero-order valence-electron chi connectivity index (χ0n) is 14.9. The minimum absolute atomic E-state index is 0.186. The summed E-state index contributed by atoms with van der Waals surface area (Å²) in [4.78, 5) is 16.1. The molecule has 1 aromatic carbocycles. The standard InChI is InChI=1S/C20H31N3O/c1-2-22-15-18(17-6-4-3-5-7-17)14-20(16-22)9-12-23(13-10-20)11-8-19(21)24/h3-7,18H,2,8-16H2,1H3,(H2,21,24). The molecule has 2 aliphatic heterocycles. The number of benzene rings is 1. The third-order valence-electron chi connectivity index (χ3n) is 6.03. The molecule has 1 aromatic rings. The number of piperidine rings is 2. The minimum atomic E-state index is -0.186. The fraction of sp³-hybridized carbons (Fsp3) is 0.650. The second-order valence-electron chi connectivity index (χ2n) is 7.70. The smallest absolute Gasteiger partial charge is 0.218 e. The molecule has 1 spiro atoms. The number of primary amides is 1. The molecule has 2 heterocycles. The molecule has 1 atom stereocenters. The van der Waals surface area contributed by atoms with Crippen molar-refractivity contribution in [2.75, 3.05) is 39.3 Å². The lowest BCUT2D eigenvalue weighted by Gasteiger charge is -2.50. The number of carbonyl (C=O) groups excluding carboxylic acids is 1. The van der Waals surface area contributed by atoms with Crippen LogP contribution in [0.2, 0.25) is 0 Å². The molecule has 132 valence electrons. The van der Waals surface area contributed by atoms with E-state index in [1.807, 2.05) is 0 Å². The van der Waals surface area contributed by atoms with Gasteiger partial charge in [0.15, 0.2) is 0 Å². The van der Waals surface area contributed by atoms with Gasteiger partial charge in [0.25, 0.3) is 0 Å². The topological polar surface area (TPSA) is 49.6 Å². The van der Waals surface area contributed by atoms with Gasteiger partial charge in [-0.15, -0.1) is 0 Å². The summed E-state index contributed by atoms with van der Waals surface area (Å²) < 4.78 is 0. The summed E-state index contributed by atoms with van der Waals surface area (Å²) >= 11 is 0. The molecule has 2 N–H and O–H groups in total. The van der Waals surface area contributed by atoms with E-state index in [9.17, 15) is 4.79 Å². The summed E-state index contributed by atoms with van der Waals surface area (Å²) in [6.45, 7) is 8.87. The summed E-state index contributed by atoms with van der Waals surface area (Å²) in [6, 6.07) is 11.0. The van der Waals surface area contributed by atoms with Crippen molar-refractivity contribution in [1.82, 2.24) is 9.80 Å². The fourth-order valence-corrected chi connectivity index (χ4v) is 4.57. The molecule has 2 aliphatic rings. The zero-order chi connectivity index (χ0) is 17.0. The summed E-state index contributed by atoms with van der Waals surface area (Å²) in [5.41, 5.74) is 7.23. The second kappa shape index (κ2) is 7.66. The maximum Gasteiger partial charge on any atom is 0.218 e. The molecule has 4 heteroatoms. The summed E-state index contributed by atoms with van der Waals surface area (Å²) in [6.07, 6.45) is 4.27. The first kappa shape index (κ1) is 17.4. The predicted octanol–water partition coefficient (Wildman–Crippen LogP) is 2.45. The summed E-state index contributed by atoms with van der Waals surface area (Å²) in [5, 5.41) is 0. The van der Waals surface area contributed by atoms with Crippen LogP contribution in [0.4, 0.5) is 0 Å². The van der Waals surface area contributed by atoms with Gasteiger partial charge in [-0.05, 0) is 55.8 Å². The molecule has 3 rings (SSSR count). The van der Waals surface area contributed by atoms with Crippen LogP contribution in [0.1, 0.15) is 44.1 Å². The van der Waals surface area contributed by atoms with Crippen LogP contribution >= 0.6 is 0 Å². The third kappa shape index (κ3) is 4.17. The van der Waals surface area contributed by atoms with Gasteiger partial charge in [0, 0.05) is 26.1 Å². The molecule has 24 heavy (non-hydrogen) atoms. The number of nitrogens with zero attached hydrogens (tertiary/aromatic N) is 2. The van der Waals surface area contributed by atoms with Crippen LogP contribution in [0.3, 0.4) is 0 Å². The number of carbonyl (C=O) groups is 1. The zero-order valence-corrected chi connectivity index (χ0v) is 14.9. The lowest BCUT2D eigenvalue weighted by Crippen LogP contribution is -2.51. The number of rotatable bonds is 5. The molecule has 2 fully saturated rings. The fourth-order valence-electron chi connectivity index (χ4n) is 4.57.